The Hall–Kier alpha value is -2.86. The first-order valence-electron chi connectivity index (χ1n) is 7.72. The zero-order valence-electron chi connectivity index (χ0n) is 13.9. The topological polar surface area (TPSA) is 163 Å². The van der Waals surface area contributed by atoms with E-state index in [0.29, 0.717) is 0 Å². The van der Waals surface area contributed by atoms with Crippen molar-refractivity contribution in [2.45, 2.75) is 44.4 Å². The molecule has 0 saturated carbocycles. The molecule has 3 N–H and O–H groups in total. The monoisotopic (exact) mass is 367 g/mol. The minimum Gasteiger partial charge on any atom is -0.456 e. The number of aliphatic hydroxyl groups is 1. The van der Waals surface area contributed by atoms with Gasteiger partial charge in [-0.05, 0) is 0 Å². The van der Waals surface area contributed by atoms with Crippen LogP contribution in [0.15, 0.2) is 9.98 Å². The molecule has 0 bridgehead atoms. The molecule has 0 aromatic heterocycles. The molecular weight excluding hydrogens is 350 g/mol. The molecule has 1 saturated heterocycles. The molecule has 0 aromatic carbocycles. The molecule has 12 heteroatoms. The second kappa shape index (κ2) is 6.80. The zero-order valence-corrected chi connectivity index (χ0v) is 13.9. The number of amidine groups is 1. The predicted molar refractivity (Wildman–Crippen MR) is 84.3 cm³/mol. The predicted octanol–water partition coefficient (Wildman–Crippen LogP) is -2.26. The quantitative estimate of drug-likeness (QED) is 0.469. The van der Waals surface area contributed by atoms with Crippen LogP contribution in [0.1, 0.15) is 13.8 Å². The molecule has 12 nitrogen and oxygen atoms in total. The summed E-state index contributed by atoms with van der Waals surface area (Å²) in [6.07, 6.45) is -2.89. The maximum atomic E-state index is 11.9. The third kappa shape index (κ3) is 3.15. The summed E-state index contributed by atoms with van der Waals surface area (Å²) in [4.78, 5) is 44.1. The van der Waals surface area contributed by atoms with Crippen LogP contribution in [0.2, 0.25) is 0 Å². The fourth-order valence-electron chi connectivity index (χ4n) is 2.96. The van der Waals surface area contributed by atoms with E-state index < -0.39 is 55.0 Å². The van der Waals surface area contributed by atoms with Crippen molar-refractivity contribution in [3.8, 4) is 0 Å². The highest BCUT2D eigenvalue weighted by molar-refractivity contribution is 6.23. The van der Waals surface area contributed by atoms with Crippen molar-refractivity contribution in [1.82, 2.24) is 10.2 Å². The second-order valence-corrected chi connectivity index (χ2v) is 5.78. The molecule has 0 aliphatic carbocycles. The number of aliphatic imine (C=N–C) groups is 2. The third-order valence-corrected chi connectivity index (χ3v) is 3.91. The Balaban J connectivity index is 1.93. The number of aliphatic hydroxyl groups excluding tert-OH is 1. The molecule has 0 spiro atoms. The van der Waals surface area contributed by atoms with Crippen LogP contribution >= 0.6 is 0 Å². The number of carbonyl (C=O) groups is 3. The standard InChI is InChI=1S/C14H17N5O7/c1-5(21)24-9-7(3-20)26-13(10(9)25-6(2)22)19-4-16-8-11(19)17-14(15)18-12(8)23/h4,7-10,13,20H,3H2,1-2H3,(H2,15,18,23)/t7-,8?,9-,10-,13-/m1/s1. The van der Waals surface area contributed by atoms with Crippen molar-refractivity contribution in [2.75, 3.05) is 6.61 Å². The Morgan fingerprint density at radius 1 is 1.35 bits per heavy atom. The molecule has 26 heavy (non-hydrogen) atoms. The number of ether oxygens (including phenoxy) is 3. The van der Waals surface area contributed by atoms with Gasteiger partial charge in [0.1, 0.15) is 6.10 Å². The van der Waals surface area contributed by atoms with Crippen molar-refractivity contribution >= 4 is 36.0 Å². The molecule has 0 radical (unpaired) electrons. The fraction of sp³-hybridized carbons (Fsp3) is 0.571. The lowest BCUT2D eigenvalue weighted by molar-refractivity contribution is -0.165. The molecule has 3 heterocycles. The maximum Gasteiger partial charge on any atom is 0.303 e. The first kappa shape index (κ1) is 17.9. The first-order valence-corrected chi connectivity index (χ1v) is 7.72. The van der Waals surface area contributed by atoms with Gasteiger partial charge in [0, 0.05) is 13.8 Å². The first-order chi connectivity index (χ1) is 12.3. The largest absolute Gasteiger partial charge is 0.456 e. The van der Waals surface area contributed by atoms with Gasteiger partial charge in [0.05, 0.1) is 12.9 Å². The van der Waals surface area contributed by atoms with Crippen molar-refractivity contribution in [3.63, 3.8) is 0 Å². The number of nitrogens with one attached hydrogen (secondary N) is 2. The Labute approximate surface area is 147 Å². The molecule has 3 aliphatic rings. The van der Waals surface area contributed by atoms with Crippen molar-refractivity contribution < 1.29 is 33.7 Å². The average molecular weight is 367 g/mol. The van der Waals surface area contributed by atoms with Gasteiger partial charge in [0.2, 0.25) is 5.96 Å². The minimum absolute atomic E-state index is 0.112. The Bertz CT molecular complexity index is 720. The summed E-state index contributed by atoms with van der Waals surface area (Å²) in [6.45, 7) is 1.86. The van der Waals surface area contributed by atoms with E-state index in [1.54, 1.807) is 0 Å². The minimum atomic E-state index is -1.10. The number of fused-ring (bicyclic) bond motifs is 1. The van der Waals surface area contributed by atoms with Gasteiger partial charge in [-0.15, -0.1) is 0 Å². The van der Waals surface area contributed by atoms with Crippen LogP contribution in [-0.4, -0.2) is 83.2 Å². The number of amides is 1. The lowest BCUT2D eigenvalue weighted by Gasteiger charge is -2.30. The summed E-state index contributed by atoms with van der Waals surface area (Å²) < 4.78 is 16.1. The number of esters is 2. The van der Waals surface area contributed by atoms with Crippen molar-refractivity contribution in [2.24, 2.45) is 9.98 Å². The second-order valence-electron chi connectivity index (χ2n) is 5.78. The molecule has 3 rings (SSSR count). The molecular formula is C14H17N5O7. The molecule has 3 aliphatic heterocycles. The molecule has 140 valence electrons. The van der Waals surface area contributed by atoms with Crippen LogP contribution in [0, 0.1) is 5.41 Å². The van der Waals surface area contributed by atoms with E-state index in [-0.39, 0.29) is 11.8 Å². The van der Waals surface area contributed by atoms with Gasteiger partial charge in [-0.1, -0.05) is 0 Å². The summed E-state index contributed by atoms with van der Waals surface area (Å²) in [5, 5.41) is 19.3. The van der Waals surface area contributed by atoms with Crippen LogP contribution in [0.5, 0.6) is 0 Å². The van der Waals surface area contributed by atoms with E-state index in [1.807, 2.05) is 0 Å². The normalized spacial score (nSPS) is 32.8. The number of guanidine groups is 1. The number of hydrogen-bond acceptors (Lipinski definition) is 10. The maximum absolute atomic E-state index is 11.9. The molecule has 0 aromatic rings. The summed E-state index contributed by atoms with van der Waals surface area (Å²) in [5.74, 6) is -2.08. The van der Waals surface area contributed by atoms with E-state index in [2.05, 4.69) is 15.3 Å². The van der Waals surface area contributed by atoms with E-state index >= 15 is 0 Å². The van der Waals surface area contributed by atoms with Crippen molar-refractivity contribution in [1.29, 1.82) is 5.41 Å². The molecule has 1 fully saturated rings. The van der Waals surface area contributed by atoms with Crippen LogP contribution in [0.3, 0.4) is 0 Å². The average Bonchev–Trinajstić information content (AvgIpc) is 3.09. The third-order valence-electron chi connectivity index (χ3n) is 3.91. The smallest absolute Gasteiger partial charge is 0.303 e. The van der Waals surface area contributed by atoms with Gasteiger partial charge < -0.3 is 19.3 Å². The summed E-state index contributed by atoms with van der Waals surface area (Å²) in [5.41, 5.74) is 0. The van der Waals surface area contributed by atoms with Gasteiger partial charge >= 0.3 is 11.9 Å². The van der Waals surface area contributed by atoms with Crippen LogP contribution in [-0.2, 0) is 28.6 Å². The summed E-state index contributed by atoms with van der Waals surface area (Å²) in [6, 6.07) is -0.967. The van der Waals surface area contributed by atoms with E-state index in [1.165, 1.54) is 25.1 Å². The SMILES string of the molecule is CC(=O)O[C@@H]1[C@H](OC(C)=O)[C@@H](CO)O[C@H]1N1C=NC2C(=O)NC(=N)N=C21. The van der Waals surface area contributed by atoms with E-state index in [0.717, 1.165) is 0 Å². The Morgan fingerprint density at radius 2 is 2.00 bits per heavy atom. The van der Waals surface area contributed by atoms with Gasteiger partial charge in [-0.2, -0.15) is 4.99 Å². The summed E-state index contributed by atoms with van der Waals surface area (Å²) >= 11 is 0. The highest BCUT2D eigenvalue weighted by Crippen LogP contribution is 2.31. The lowest BCUT2D eigenvalue weighted by Crippen LogP contribution is -2.54. The highest BCUT2D eigenvalue weighted by Gasteiger charge is 2.54. The lowest BCUT2D eigenvalue weighted by atomic mass is 10.1. The Kier molecular flexibility index (Phi) is 4.70. The van der Waals surface area contributed by atoms with Gasteiger partial charge in [-0.25, -0.2) is 0 Å². The van der Waals surface area contributed by atoms with Crippen LogP contribution in [0.25, 0.3) is 0 Å². The number of nitrogens with zero attached hydrogens (tertiary/aromatic N) is 3. The van der Waals surface area contributed by atoms with Gasteiger partial charge in [-0.3, -0.25) is 35.0 Å². The van der Waals surface area contributed by atoms with E-state index in [4.69, 9.17) is 19.6 Å². The highest BCUT2D eigenvalue weighted by atomic mass is 16.6. The molecule has 5 atom stereocenters. The number of rotatable bonds is 4. The molecule has 1 unspecified atom stereocenters. The van der Waals surface area contributed by atoms with E-state index in [9.17, 15) is 19.5 Å². The van der Waals surface area contributed by atoms with Crippen LogP contribution < -0.4 is 5.32 Å². The van der Waals surface area contributed by atoms with Gasteiger partial charge in [0.25, 0.3) is 5.91 Å². The Morgan fingerprint density at radius 3 is 2.62 bits per heavy atom. The van der Waals surface area contributed by atoms with Gasteiger partial charge in [0.15, 0.2) is 30.3 Å². The fourth-order valence-corrected chi connectivity index (χ4v) is 2.96. The number of carbonyl (C=O) groups excluding carboxylic acids is 3. The summed E-state index contributed by atoms with van der Waals surface area (Å²) in [7, 11) is 0. The van der Waals surface area contributed by atoms with Crippen molar-refractivity contribution in [3.05, 3.63) is 0 Å². The van der Waals surface area contributed by atoms with Crippen LogP contribution in [0.4, 0.5) is 0 Å². The zero-order chi connectivity index (χ0) is 19.0. The molecule has 1 amide bonds. The number of hydrogen-bond donors (Lipinski definition) is 3.